The Balaban J connectivity index is 1.64. The molecule has 1 amide bonds. The van der Waals surface area contributed by atoms with Crippen LogP contribution in [0.1, 0.15) is 5.56 Å². The largest absolute Gasteiger partial charge is 0.497 e. The van der Waals surface area contributed by atoms with E-state index in [4.69, 9.17) is 25.8 Å². The molecule has 0 fully saturated rings. The molecule has 3 aromatic rings. The molecule has 174 valence electrons. The Labute approximate surface area is 197 Å². The molecule has 0 heterocycles. The Hall–Kier alpha value is -3.43. The van der Waals surface area contributed by atoms with Gasteiger partial charge in [-0.05, 0) is 67.1 Å². The fourth-order valence-corrected chi connectivity index (χ4v) is 4.18. The number of amides is 1. The molecule has 0 aliphatic heterocycles. The predicted molar refractivity (Wildman–Crippen MR) is 127 cm³/mol. The number of carbonyl (C=O) groups excluding carboxylic acids is 1. The van der Waals surface area contributed by atoms with Crippen LogP contribution in [0.25, 0.3) is 0 Å². The summed E-state index contributed by atoms with van der Waals surface area (Å²) in [6.45, 7) is 1.42. The molecule has 8 nitrogen and oxygen atoms in total. The minimum Gasteiger partial charge on any atom is -0.497 e. The molecule has 0 bridgehead atoms. The van der Waals surface area contributed by atoms with E-state index in [9.17, 15) is 13.2 Å². The van der Waals surface area contributed by atoms with Gasteiger partial charge < -0.3 is 19.5 Å². The maximum Gasteiger partial charge on any atom is 0.262 e. The lowest BCUT2D eigenvalue weighted by molar-refractivity contribution is -0.118. The highest BCUT2D eigenvalue weighted by molar-refractivity contribution is 7.92. The number of halogens is 1. The Morgan fingerprint density at radius 2 is 1.67 bits per heavy atom. The Bertz CT molecular complexity index is 1250. The molecule has 0 aliphatic carbocycles. The first-order chi connectivity index (χ1) is 15.7. The Morgan fingerprint density at radius 1 is 0.939 bits per heavy atom. The normalized spacial score (nSPS) is 10.9. The van der Waals surface area contributed by atoms with E-state index in [2.05, 4.69) is 10.0 Å². The lowest BCUT2D eigenvalue weighted by Crippen LogP contribution is -2.21. The zero-order chi connectivity index (χ0) is 24.0. The summed E-state index contributed by atoms with van der Waals surface area (Å²) >= 11 is 5.83. The van der Waals surface area contributed by atoms with Crippen molar-refractivity contribution < 1.29 is 27.4 Å². The van der Waals surface area contributed by atoms with E-state index in [1.54, 1.807) is 49.4 Å². The molecule has 0 aliphatic rings. The van der Waals surface area contributed by atoms with Crippen molar-refractivity contribution in [2.75, 3.05) is 30.9 Å². The monoisotopic (exact) mass is 490 g/mol. The molecule has 0 radical (unpaired) electrons. The first-order valence-electron chi connectivity index (χ1n) is 9.75. The summed E-state index contributed by atoms with van der Waals surface area (Å²) in [6, 6.07) is 15.7. The maximum absolute atomic E-state index is 12.7. The standard InChI is InChI=1S/C23H23ClN2O6S/c1-15-12-19(33(28,29)26-17-6-4-16(24)5-7-17)9-11-21(15)32-14-23(27)25-20-10-8-18(30-2)13-22(20)31-3/h4-13,26H,14H2,1-3H3,(H,25,27). The second kappa shape index (κ2) is 10.5. The van der Waals surface area contributed by atoms with Crippen molar-refractivity contribution in [3.63, 3.8) is 0 Å². The number of ether oxygens (including phenoxy) is 3. The predicted octanol–water partition coefficient (Wildman–Crippen LogP) is 4.48. The zero-order valence-electron chi connectivity index (χ0n) is 18.2. The van der Waals surface area contributed by atoms with E-state index < -0.39 is 15.9 Å². The van der Waals surface area contributed by atoms with Crippen molar-refractivity contribution in [1.29, 1.82) is 0 Å². The summed E-state index contributed by atoms with van der Waals surface area (Å²) < 4.78 is 43.8. The number of sulfonamides is 1. The summed E-state index contributed by atoms with van der Waals surface area (Å²) in [4.78, 5) is 12.4. The minimum atomic E-state index is -3.80. The van der Waals surface area contributed by atoms with Gasteiger partial charge in [-0.15, -0.1) is 0 Å². The van der Waals surface area contributed by atoms with Gasteiger partial charge in [0.25, 0.3) is 15.9 Å². The number of carbonyl (C=O) groups is 1. The zero-order valence-corrected chi connectivity index (χ0v) is 19.8. The quantitative estimate of drug-likeness (QED) is 0.458. The van der Waals surface area contributed by atoms with Gasteiger partial charge >= 0.3 is 0 Å². The number of hydrogen-bond donors (Lipinski definition) is 2. The summed E-state index contributed by atoms with van der Waals surface area (Å²) in [5.41, 5.74) is 1.42. The molecule has 0 saturated carbocycles. The molecule has 0 unspecified atom stereocenters. The molecular formula is C23H23ClN2O6S. The molecule has 2 N–H and O–H groups in total. The topological polar surface area (TPSA) is 103 Å². The van der Waals surface area contributed by atoms with Crippen LogP contribution in [0.15, 0.2) is 65.6 Å². The van der Waals surface area contributed by atoms with Gasteiger partial charge in [-0.3, -0.25) is 9.52 Å². The average molecular weight is 491 g/mol. The highest BCUT2D eigenvalue weighted by Crippen LogP contribution is 2.29. The molecule has 0 aromatic heterocycles. The van der Waals surface area contributed by atoms with Crippen molar-refractivity contribution in [1.82, 2.24) is 0 Å². The lowest BCUT2D eigenvalue weighted by Gasteiger charge is -2.14. The fourth-order valence-electron chi connectivity index (χ4n) is 2.91. The Kier molecular flexibility index (Phi) is 7.67. The second-order valence-corrected chi connectivity index (χ2v) is 9.06. The summed E-state index contributed by atoms with van der Waals surface area (Å²) in [5, 5.41) is 3.21. The van der Waals surface area contributed by atoms with Crippen LogP contribution in [0.2, 0.25) is 5.02 Å². The molecule has 3 rings (SSSR count). The highest BCUT2D eigenvalue weighted by Gasteiger charge is 2.17. The maximum atomic E-state index is 12.7. The lowest BCUT2D eigenvalue weighted by atomic mass is 10.2. The van der Waals surface area contributed by atoms with E-state index in [0.29, 0.717) is 39.2 Å². The molecule has 3 aromatic carbocycles. The number of methoxy groups -OCH3 is 2. The van der Waals surface area contributed by atoms with Crippen LogP contribution in [0.5, 0.6) is 17.2 Å². The van der Waals surface area contributed by atoms with Gasteiger partial charge in [-0.1, -0.05) is 11.6 Å². The van der Waals surface area contributed by atoms with Gasteiger partial charge in [-0.2, -0.15) is 0 Å². The molecule has 33 heavy (non-hydrogen) atoms. The van der Waals surface area contributed by atoms with Gasteiger partial charge in [0.15, 0.2) is 6.61 Å². The summed E-state index contributed by atoms with van der Waals surface area (Å²) in [5.74, 6) is 1.02. The first-order valence-corrected chi connectivity index (χ1v) is 11.6. The second-order valence-electron chi connectivity index (χ2n) is 6.94. The van der Waals surface area contributed by atoms with E-state index in [1.807, 2.05) is 0 Å². The van der Waals surface area contributed by atoms with Gasteiger partial charge in [-0.25, -0.2) is 8.42 Å². The first kappa shape index (κ1) is 24.2. The van der Waals surface area contributed by atoms with Crippen molar-refractivity contribution in [2.24, 2.45) is 0 Å². The molecule has 0 atom stereocenters. The average Bonchev–Trinajstić information content (AvgIpc) is 2.79. The third kappa shape index (κ3) is 6.30. The van der Waals surface area contributed by atoms with Crippen molar-refractivity contribution in [3.8, 4) is 17.2 Å². The third-order valence-electron chi connectivity index (χ3n) is 4.59. The van der Waals surface area contributed by atoms with Gasteiger partial charge in [0.2, 0.25) is 0 Å². The number of aryl methyl sites for hydroxylation is 1. The van der Waals surface area contributed by atoms with E-state index >= 15 is 0 Å². The third-order valence-corrected chi connectivity index (χ3v) is 6.23. The van der Waals surface area contributed by atoms with Crippen LogP contribution in [0.4, 0.5) is 11.4 Å². The van der Waals surface area contributed by atoms with Crippen molar-refractivity contribution >= 4 is 38.9 Å². The van der Waals surface area contributed by atoms with E-state index in [0.717, 1.165) is 0 Å². The minimum absolute atomic E-state index is 0.0646. The fraction of sp³-hybridized carbons (Fsp3) is 0.174. The number of hydrogen-bond acceptors (Lipinski definition) is 6. The van der Waals surface area contributed by atoms with Crippen LogP contribution < -0.4 is 24.2 Å². The van der Waals surface area contributed by atoms with Gasteiger partial charge in [0.05, 0.1) is 24.8 Å². The smallest absolute Gasteiger partial charge is 0.262 e. The molecular weight excluding hydrogens is 468 g/mol. The number of benzene rings is 3. The molecule has 0 spiro atoms. The van der Waals surface area contributed by atoms with Gasteiger partial charge in [0.1, 0.15) is 17.2 Å². The SMILES string of the molecule is COc1ccc(NC(=O)COc2ccc(S(=O)(=O)Nc3ccc(Cl)cc3)cc2C)c(OC)c1. The van der Waals surface area contributed by atoms with Crippen LogP contribution >= 0.6 is 11.6 Å². The van der Waals surface area contributed by atoms with Crippen molar-refractivity contribution in [3.05, 3.63) is 71.2 Å². The summed E-state index contributed by atoms with van der Waals surface area (Å²) in [6.07, 6.45) is 0. The highest BCUT2D eigenvalue weighted by atomic mass is 35.5. The van der Waals surface area contributed by atoms with E-state index in [-0.39, 0.29) is 11.5 Å². The summed E-state index contributed by atoms with van der Waals surface area (Å²) in [7, 11) is -0.780. The number of nitrogens with one attached hydrogen (secondary N) is 2. The van der Waals surface area contributed by atoms with E-state index in [1.165, 1.54) is 32.4 Å². The number of rotatable bonds is 9. The van der Waals surface area contributed by atoms with Crippen LogP contribution in [0, 0.1) is 6.92 Å². The Morgan fingerprint density at radius 3 is 2.30 bits per heavy atom. The molecule has 0 saturated heterocycles. The van der Waals surface area contributed by atoms with Crippen LogP contribution in [0.3, 0.4) is 0 Å². The number of anilines is 2. The van der Waals surface area contributed by atoms with Crippen LogP contribution in [-0.2, 0) is 14.8 Å². The van der Waals surface area contributed by atoms with Crippen LogP contribution in [-0.4, -0.2) is 35.2 Å². The van der Waals surface area contributed by atoms with Gasteiger partial charge in [0, 0.05) is 16.8 Å². The van der Waals surface area contributed by atoms with Crippen molar-refractivity contribution in [2.45, 2.75) is 11.8 Å². The molecule has 10 heteroatoms.